The average molecular weight is 259 g/mol. The molecule has 1 N–H and O–H groups in total. The number of halogens is 2. The fourth-order valence-corrected chi connectivity index (χ4v) is 1.53. The maximum Gasteiger partial charge on any atom is 0.263 e. The first kappa shape index (κ1) is 8.72. The normalized spacial score (nSPS) is 10.6. The predicted molar refractivity (Wildman–Crippen MR) is 55.1 cm³/mol. The van der Waals surface area contributed by atoms with Gasteiger partial charge in [0.1, 0.15) is 10.8 Å². The zero-order valence-corrected chi connectivity index (χ0v) is 8.69. The number of aromatic nitrogens is 2. The SMILES string of the molecule is O=c1[nH]c2nc(Cl)ccc2cc1Br. The zero-order chi connectivity index (χ0) is 9.42. The highest BCUT2D eigenvalue weighted by Crippen LogP contribution is 2.14. The monoisotopic (exact) mass is 258 g/mol. The Balaban J connectivity index is 2.89. The second-order valence-corrected chi connectivity index (χ2v) is 3.76. The van der Waals surface area contributed by atoms with Crippen LogP contribution in [0.1, 0.15) is 0 Å². The minimum absolute atomic E-state index is 0.206. The van der Waals surface area contributed by atoms with Crippen molar-refractivity contribution in [2.45, 2.75) is 0 Å². The highest BCUT2D eigenvalue weighted by atomic mass is 79.9. The van der Waals surface area contributed by atoms with E-state index in [1.165, 1.54) is 0 Å². The van der Waals surface area contributed by atoms with Crippen LogP contribution in [-0.4, -0.2) is 9.97 Å². The summed E-state index contributed by atoms with van der Waals surface area (Å²) in [5, 5.41) is 1.21. The third kappa shape index (κ3) is 1.59. The van der Waals surface area contributed by atoms with Gasteiger partial charge in [-0.15, -0.1) is 0 Å². The van der Waals surface area contributed by atoms with Crippen molar-refractivity contribution in [3.05, 3.63) is 38.2 Å². The van der Waals surface area contributed by atoms with Crippen LogP contribution < -0.4 is 5.56 Å². The fourth-order valence-electron chi connectivity index (χ4n) is 1.03. The Labute approximate surface area is 86.9 Å². The lowest BCUT2D eigenvalue weighted by molar-refractivity contribution is 1.22. The molecule has 13 heavy (non-hydrogen) atoms. The molecule has 2 rings (SSSR count). The van der Waals surface area contributed by atoms with E-state index in [9.17, 15) is 4.79 Å². The predicted octanol–water partition coefficient (Wildman–Crippen LogP) is 2.34. The van der Waals surface area contributed by atoms with Gasteiger partial charge >= 0.3 is 0 Å². The van der Waals surface area contributed by atoms with E-state index < -0.39 is 0 Å². The van der Waals surface area contributed by atoms with Gasteiger partial charge in [-0.05, 0) is 34.1 Å². The summed E-state index contributed by atoms with van der Waals surface area (Å²) in [5.74, 6) is 0. The summed E-state index contributed by atoms with van der Waals surface area (Å²) in [7, 11) is 0. The van der Waals surface area contributed by atoms with Gasteiger partial charge in [0.25, 0.3) is 5.56 Å². The van der Waals surface area contributed by atoms with E-state index in [1.54, 1.807) is 18.2 Å². The first-order valence-electron chi connectivity index (χ1n) is 3.52. The molecule has 0 saturated carbocycles. The molecule has 0 spiro atoms. The van der Waals surface area contributed by atoms with Gasteiger partial charge in [0.05, 0.1) is 4.47 Å². The molecule has 3 nitrogen and oxygen atoms in total. The van der Waals surface area contributed by atoms with Crippen molar-refractivity contribution in [2.75, 3.05) is 0 Å². The van der Waals surface area contributed by atoms with Gasteiger partial charge in [-0.1, -0.05) is 11.6 Å². The van der Waals surface area contributed by atoms with Gasteiger partial charge in [-0.25, -0.2) is 4.98 Å². The Morgan fingerprint density at radius 1 is 1.46 bits per heavy atom. The molecule has 2 aromatic rings. The Kier molecular flexibility index (Phi) is 2.09. The minimum Gasteiger partial charge on any atom is -0.306 e. The van der Waals surface area contributed by atoms with E-state index in [1.807, 2.05) is 0 Å². The number of H-pyrrole nitrogens is 1. The topological polar surface area (TPSA) is 45.8 Å². The lowest BCUT2D eigenvalue weighted by Gasteiger charge is -1.97. The van der Waals surface area contributed by atoms with Crippen molar-refractivity contribution in [3.8, 4) is 0 Å². The summed E-state index contributed by atoms with van der Waals surface area (Å²) in [6, 6.07) is 5.18. The van der Waals surface area contributed by atoms with Crippen molar-refractivity contribution >= 4 is 38.6 Å². The summed E-state index contributed by atoms with van der Waals surface area (Å²) in [6.07, 6.45) is 0. The van der Waals surface area contributed by atoms with Crippen LogP contribution in [0.2, 0.25) is 5.15 Å². The lowest BCUT2D eigenvalue weighted by atomic mass is 10.3. The van der Waals surface area contributed by atoms with Gasteiger partial charge in [-0.3, -0.25) is 4.79 Å². The molecule has 0 atom stereocenters. The molecule has 0 amide bonds. The Morgan fingerprint density at radius 3 is 3.00 bits per heavy atom. The van der Waals surface area contributed by atoms with Crippen LogP contribution in [0.25, 0.3) is 11.0 Å². The van der Waals surface area contributed by atoms with Gasteiger partial charge in [0.15, 0.2) is 0 Å². The van der Waals surface area contributed by atoms with E-state index >= 15 is 0 Å². The maximum atomic E-state index is 11.2. The van der Waals surface area contributed by atoms with Gasteiger partial charge < -0.3 is 4.98 Å². The molecule has 0 aliphatic heterocycles. The highest BCUT2D eigenvalue weighted by molar-refractivity contribution is 9.10. The minimum atomic E-state index is -0.206. The molecule has 0 aromatic carbocycles. The average Bonchev–Trinajstić information content (AvgIpc) is 2.08. The Bertz CT molecular complexity index is 523. The molecule has 2 heterocycles. The maximum absolute atomic E-state index is 11.2. The number of rotatable bonds is 0. The molecular weight excluding hydrogens is 255 g/mol. The second kappa shape index (κ2) is 3.12. The van der Waals surface area contributed by atoms with Crippen LogP contribution >= 0.6 is 27.5 Å². The second-order valence-electron chi connectivity index (χ2n) is 2.52. The standard InChI is InChI=1S/C8H4BrClN2O/c9-5-3-4-1-2-6(10)11-7(4)12-8(5)13/h1-3H,(H,11,12,13). The van der Waals surface area contributed by atoms with Crippen LogP contribution in [0, 0.1) is 0 Å². The molecule has 0 fully saturated rings. The summed E-state index contributed by atoms with van der Waals surface area (Å²) in [6.45, 7) is 0. The van der Waals surface area contributed by atoms with E-state index in [0.29, 0.717) is 15.3 Å². The fraction of sp³-hybridized carbons (Fsp3) is 0. The van der Waals surface area contributed by atoms with Gasteiger partial charge in [-0.2, -0.15) is 0 Å². The summed E-state index contributed by atoms with van der Waals surface area (Å²) in [5.41, 5.74) is 0.294. The van der Waals surface area contributed by atoms with Crippen LogP contribution in [0.3, 0.4) is 0 Å². The smallest absolute Gasteiger partial charge is 0.263 e. The van der Waals surface area contributed by atoms with Gasteiger partial charge in [0, 0.05) is 5.39 Å². The van der Waals surface area contributed by atoms with Crippen LogP contribution in [-0.2, 0) is 0 Å². The van der Waals surface area contributed by atoms with E-state index in [4.69, 9.17) is 11.6 Å². The van der Waals surface area contributed by atoms with Crippen molar-refractivity contribution in [2.24, 2.45) is 0 Å². The molecular formula is C8H4BrClN2O. The number of hydrogen-bond acceptors (Lipinski definition) is 2. The number of nitrogens with zero attached hydrogens (tertiary/aromatic N) is 1. The van der Waals surface area contributed by atoms with E-state index in [-0.39, 0.29) is 5.56 Å². The number of fused-ring (bicyclic) bond motifs is 1. The lowest BCUT2D eigenvalue weighted by Crippen LogP contribution is -2.06. The first-order chi connectivity index (χ1) is 6.16. The molecule has 0 unspecified atom stereocenters. The molecule has 0 aliphatic rings. The first-order valence-corrected chi connectivity index (χ1v) is 4.69. The van der Waals surface area contributed by atoms with Gasteiger partial charge in [0.2, 0.25) is 0 Å². The Hall–Kier alpha value is -0.870. The quantitative estimate of drug-likeness (QED) is 0.738. The van der Waals surface area contributed by atoms with E-state index in [0.717, 1.165) is 5.39 Å². The van der Waals surface area contributed by atoms with Crippen LogP contribution in [0.15, 0.2) is 27.5 Å². The molecule has 0 aliphatic carbocycles. The number of nitrogens with one attached hydrogen (secondary N) is 1. The molecule has 0 radical (unpaired) electrons. The molecule has 66 valence electrons. The third-order valence-corrected chi connectivity index (χ3v) is 2.42. The molecule has 0 bridgehead atoms. The molecule has 0 saturated heterocycles. The van der Waals surface area contributed by atoms with Crippen molar-refractivity contribution in [1.29, 1.82) is 0 Å². The number of aromatic amines is 1. The number of hydrogen-bond donors (Lipinski definition) is 1. The third-order valence-electron chi connectivity index (χ3n) is 1.62. The largest absolute Gasteiger partial charge is 0.306 e. The van der Waals surface area contributed by atoms with Crippen molar-refractivity contribution < 1.29 is 0 Å². The highest BCUT2D eigenvalue weighted by Gasteiger charge is 2.00. The van der Waals surface area contributed by atoms with Crippen molar-refractivity contribution in [3.63, 3.8) is 0 Å². The Morgan fingerprint density at radius 2 is 2.23 bits per heavy atom. The summed E-state index contributed by atoms with van der Waals surface area (Å²) < 4.78 is 0.490. The molecule has 2 aromatic heterocycles. The van der Waals surface area contributed by atoms with E-state index in [2.05, 4.69) is 25.9 Å². The molecule has 5 heteroatoms. The summed E-state index contributed by atoms with van der Waals surface area (Å²) in [4.78, 5) is 17.7. The summed E-state index contributed by atoms with van der Waals surface area (Å²) >= 11 is 8.80. The zero-order valence-electron chi connectivity index (χ0n) is 6.34. The number of pyridine rings is 2. The van der Waals surface area contributed by atoms with Crippen LogP contribution in [0.4, 0.5) is 0 Å². The van der Waals surface area contributed by atoms with Crippen LogP contribution in [0.5, 0.6) is 0 Å². The van der Waals surface area contributed by atoms with Crippen molar-refractivity contribution in [1.82, 2.24) is 9.97 Å².